The fourth-order valence-electron chi connectivity index (χ4n) is 4.64. The number of aryl methyl sites for hydroxylation is 1. The molecule has 0 spiro atoms. The number of anilines is 1. The molecule has 0 bridgehead atoms. The molecule has 8 nitrogen and oxygen atoms in total. The summed E-state index contributed by atoms with van der Waals surface area (Å²) in [5, 5.41) is 6.52. The number of aromatic nitrogens is 1. The molecule has 40 heavy (non-hydrogen) atoms. The van der Waals surface area contributed by atoms with Crippen molar-refractivity contribution in [2.45, 2.75) is 38.6 Å². The van der Waals surface area contributed by atoms with E-state index in [9.17, 15) is 14.4 Å². The molecule has 3 aromatic rings. The summed E-state index contributed by atoms with van der Waals surface area (Å²) in [6, 6.07) is 11.2. The SMILES string of the molecule is COc1ccc(/C=C2\SC(=S)N(CCCC(=O)Nc3sc4c(c3C(=O)NCc3cccnc3)CCC4)C2=O)cc1. The van der Waals surface area contributed by atoms with Gasteiger partial charge in [-0.1, -0.05) is 42.2 Å². The Kier molecular flexibility index (Phi) is 8.93. The van der Waals surface area contributed by atoms with E-state index in [-0.39, 0.29) is 24.1 Å². The molecule has 206 valence electrons. The molecule has 1 aromatic carbocycles. The predicted octanol–water partition coefficient (Wildman–Crippen LogP) is 5.19. The molecule has 2 N–H and O–H groups in total. The van der Waals surface area contributed by atoms with Crippen LogP contribution >= 0.6 is 35.3 Å². The highest BCUT2D eigenvalue weighted by molar-refractivity contribution is 8.26. The number of ether oxygens (including phenoxy) is 1. The molecule has 1 saturated heterocycles. The Morgan fingerprint density at radius 3 is 2.77 bits per heavy atom. The number of carbonyl (C=O) groups excluding carboxylic acids is 3. The summed E-state index contributed by atoms with van der Waals surface area (Å²) in [5.41, 5.74) is 3.38. The van der Waals surface area contributed by atoms with Crippen molar-refractivity contribution in [3.8, 4) is 5.75 Å². The van der Waals surface area contributed by atoms with E-state index in [1.807, 2.05) is 42.5 Å². The lowest BCUT2D eigenvalue weighted by atomic mass is 10.1. The van der Waals surface area contributed by atoms with Crippen molar-refractivity contribution < 1.29 is 19.1 Å². The molecule has 2 aliphatic rings. The molecular formula is C29H28N4O4S3. The summed E-state index contributed by atoms with van der Waals surface area (Å²) in [5.74, 6) is 0.196. The minimum Gasteiger partial charge on any atom is -0.497 e. The normalized spacial score (nSPS) is 15.4. The Morgan fingerprint density at radius 1 is 1.20 bits per heavy atom. The molecular weight excluding hydrogens is 565 g/mol. The van der Waals surface area contributed by atoms with E-state index < -0.39 is 0 Å². The summed E-state index contributed by atoms with van der Waals surface area (Å²) in [4.78, 5) is 46.3. The second-order valence-corrected chi connectivity index (χ2v) is 12.1. The first-order chi connectivity index (χ1) is 19.4. The first-order valence-electron chi connectivity index (χ1n) is 12.9. The Labute approximate surface area is 246 Å². The van der Waals surface area contributed by atoms with Crippen molar-refractivity contribution in [3.05, 3.63) is 80.8 Å². The number of hydrogen-bond acceptors (Lipinski definition) is 8. The smallest absolute Gasteiger partial charge is 0.266 e. The van der Waals surface area contributed by atoms with Gasteiger partial charge in [-0.3, -0.25) is 24.3 Å². The van der Waals surface area contributed by atoms with Gasteiger partial charge in [0.25, 0.3) is 11.8 Å². The van der Waals surface area contributed by atoms with Crippen LogP contribution in [0, 0.1) is 0 Å². The quantitative estimate of drug-likeness (QED) is 0.247. The Balaban J connectivity index is 1.17. The number of hydrogen-bond donors (Lipinski definition) is 2. The van der Waals surface area contributed by atoms with Gasteiger partial charge in [0, 0.05) is 36.8 Å². The van der Waals surface area contributed by atoms with Gasteiger partial charge in [0.15, 0.2) is 0 Å². The molecule has 3 heterocycles. The van der Waals surface area contributed by atoms with Crippen molar-refractivity contribution >= 4 is 68.4 Å². The third-order valence-corrected chi connectivity index (χ3v) is 9.23. The molecule has 0 saturated carbocycles. The number of rotatable bonds is 10. The molecule has 1 fully saturated rings. The number of nitrogens with one attached hydrogen (secondary N) is 2. The van der Waals surface area contributed by atoms with E-state index in [2.05, 4.69) is 15.6 Å². The highest BCUT2D eigenvalue weighted by Crippen LogP contribution is 2.39. The first kappa shape index (κ1) is 28.0. The summed E-state index contributed by atoms with van der Waals surface area (Å²) in [6.07, 6.45) is 8.61. The van der Waals surface area contributed by atoms with Crippen LogP contribution in [0.2, 0.25) is 0 Å². The predicted molar refractivity (Wildman–Crippen MR) is 162 cm³/mol. The Hall–Kier alpha value is -3.54. The molecule has 0 atom stereocenters. The van der Waals surface area contributed by atoms with Crippen LogP contribution in [-0.4, -0.2) is 45.6 Å². The molecule has 1 aliphatic heterocycles. The average molecular weight is 593 g/mol. The molecule has 0 radical (unpaired) electrons. The van der Waals surface area contributed by atoms with Crippen LogP contribution in [0.5, 0.6) is 5.75 Å². The average Bonchev–Trinajstić information content (AvgIpc) is 3.62. The van der Waals surface area contributed by atoms with Crippen molar-refractivity contribution in [1.29, 1.82) is 0 Å². The van der Waals surface area contributed by atoms with Gasteiger partial charge >= 0.3 is 0 Å². The van der Waals surface area contributed by atoms with Gasteiger partial charge < -0.3 is 15.4 Å². The fraction of sp³-hybridized carbons (Fsp3) is 0.276. The lowest BCUT2D eigenvalue weighted by molar-refractivity contribution is -0.122. The minimum absolute atomic E-state index is 0.159. The van der Waals surface area contributed by atoms with Gasteiger partial charge in [0.2, 0.25) is 5.91 Å². The maximum absolute atomic E-state index is 13.1. The fourth-order valence-corrected chi connectivity index (χ4v) is 7.25. The van der Waals surface area contributed by atoms with E-state index >= 15 is 0 Å². The van der Waals surface area contributed by atoms with Gasteiger partial charge in [-0.2, -0.15) is 0 Å². The summed E-state index contributed by atoms with van der Waals surface area (Å²) in [6.45, 7) is 0.707. The first-order valence-corrected chi connectivity index (χ1v) is 15.0. The van der Waals surface area contributed by atoms with Gasteiger partial charge in [-0.25, -0.2) is 0 Å². The number of thiophene rings is 1. The largest absolute Gasteiger partial charge is 0.497 e. The second-order valence-electron chi connectivity index (χ2n) is 9.36. The number of methoxy groups -OCH3 is 1. The number of thiocarbonyl (C=S) groups is 1. The lowest BCUT2D eigenvalue weighted by Gasteiger charge is -2.14. The maximum atomic E-state index is 13.1. The topological polar surface area (TPSA) is 101 Å². The lowest BCUT2D eigenvalue weighted by Crippen LogP contribution is -2.29. The number of pyridine rings is 1. The zero-order valence-corrected chi connectivity index (χ0v) is 24.3. The van der Waals surface area contributed by atoms with Crippen molar-refractivity contribution in [3.63, 3.8) is 0 Å². The van der Waals surface area contributed by atoms with Gasteiger partial charge in [0.05, 0.1) is 17.6 Å². The van der Waals surface area contributed by atoms with E-state index in [4.69, 9.17) is 17.0 Å². The molecule has 1 aliphatic carbocycles. The molecule has 2 aromatic heterocycles. The summed E-state index contributed by atoms with van der Waals surface area (Å²) >= 11 is 8.18. The van der Waals surface area contributed by atoms with E-state index in [1.54, 1.807) is 24.4 Å². The van der Waals surface area contributed by atoms with Crippen LogP contribution in [0.1, 0.15) is 51.2 Å². The number of carbonyl (C=O) groups is 3. The van der Waals surface area contributed by atoms with Crippen LogP contribution in [0.25, 0.3) is 6.08 Å². The monoisotopic (exact) mass is 592 g/mol. The number of nitrogens with zero attached hydrogens (tertiary/aromatic N) is 2. The van der Waals surface area contributed by atoms with Crippen LogP contribution in [0.15, 0.2) is 53.7 Å². The van der Waals surface area contributed by atoms with Crippen molar-refractivity contribution in [1.82, 2.24) is 15.2 Å². The molecule has 3 amide bonds. The highest BCUT2D eigenvalue weighted by atomic mass is 32.2. The number of thioether (sulfide) groups is 1. The van der Waals surface area contributed by atoms with E-state index in [1.165, 1.54) is 23.1 Å². The standard InChI is InChI=1S/C29H28N4O4S3/c1-37-20-11-9-18(10-12-20)15-23-28(36)33(29(38)40-23)14-4-8-24(34)32-27-25(21-6-2-7-22(21)39-27)26(35)31-17-19-5-3-13-30-16-19/h3,5,9-13,15-16H,2,4,6-8,14,17H2,1H3,(H,31,35)(H,32,34)/b23-15-. The van der Waals surface area contributed by atoms with Gasteiger partial charge in [-0.15, -0.1) is 11.3 Å². The number of benzene rings is 1. The third kappa shape index (κ3) is 6.43. The van der Waals surface area contributed by atoms with Crippen molar-refractivity contribution in [2.75, 3.05) is 19.0 Å². The molecule has 0 unspecified atom stereocenters. The highest BCUT2D eigenvalue weighted by Gasteiger charge is 2.32. The zero-order valence-electron chi connectivity index (χ0n) is 21.9. The van der Waals surface area contributed by atoms with Crippen molar-refractivity contribution in [2.24, 2.45) is 0 Å². The summed E-state index contributed by atoms with van der Waals surface area (Å²) in [7, 11) is 1.61. The van der Waals surface area contributed by atoms with E-state index in [0.29, 0.717) is 39.3 Å². The Morgan fingerprint density at radius 2 is 2.02 bits per heavy atom. The van der Waals surface area contributed by atoms with Crippen LogP contribution in [-0.2, 0) is 29.0 Å². The van der Waals surface area contributed by atoms with E-state index in [0.717, 1.165) is 46.6 Å². The third-order valence-electron chi connectivity index (χ3n) is 6.65. The second kappa shape index (κ2) is 12.8. The van der Waals surface area contributed by atoms with Crippen LogP contribution in [0.3, 0.4) is 0 Å². The van der Waals surface area contributed by atoms with Gasteiger partial charge in [-0.05, 0) is 66.6 Å². The molecule has 11 heteroatoms. The van der Waals surface area contributed by atoms with Crippen LogP contribution in [0.4, 0.5) is 5.00 Å². The zero-order chi connectivity index (χ0) is 28.1. The Bertz CT molecular complexity index is 1470. The van der Waals surface area contributed by atoms with Crippen LogP contribution < -0.4 is 15.4 Å². The van der Waals surface area contributed by atoms with Gasteiger partial charge in [0.1, 0.15) is 15.1 Å². The minimum atomic E-state index is -0.195. The number of fused-ring (bicyclic) bond motifs is 1. The number of amides is 3. The molecule has 5 rings (SSSR count). The maximum Gasteiger partial charge on any atom is 0.266 e. The summed E-state index contributed by atoms with van der Waals surface area (Å²) < 4.78 is 5.66.